The molecular formula is C13H20Cl2N4. The van der Waals surface area contributed by atoms with Crippen molar-refractivity contribution in [3.8, 4) is 0 Å². The summed E-state index contributed by atoms with van der Waals surface area (Å²) in [5.74, 6) is 1.41. The molecule has 2 heterocycles. The van der Waals surface area contributed by atoms with E-state index in [2.05, 4.69) is 34.5 Å². The summed E-state index contributed by atoms with van der Waals surface area (Å²) in [5, 5.41) is 7.75. The minimum Gasteiger partial charge on any atom is -0.369 e. The number of halogens is 2. The monoisotopic (exact) mass is 302 g/mol. The molecule has 0 aliphatic carbocycles. The fourth-order valence-electron chi connectivity index (χ4n) is 2.18. The Balaban J connectivity index is 2.10. The number of hydrogen-bond acceptors (Lipinski definition) is 4. The van der Waals surface area contributed by atoms with Gasteiger partial charge in [0.15, 0.2) is 0 Å². The predicted molar refractivity (Wildman–Crippen MR) is 82.6 cm³/mol. The second-order valence-electron chi connectivity index (χ2n) is 4.97. The summed E-state index contributed by atoms with van der Waals surface area (Å²) in [6.07, 6.45) is 2.13. The zero-order valence-electron chi connectivity index (χ0n) is 11.3. The molecule has 1 unspecified atom stereocenters. The summed E-state index contributed by atoms with van der Waals surface area (Å²) in [5.41, 5.74) is 0. The van der Waals surface area contributed by atoms with Crippen LogP contribution in [0.15, 0.2) is 6.07 Å². The molecular weight excluding hydrogens is 283 g/mol. The number of likely N-dealkylation sites (N-methyl/N-ethyl adjacent to an activating group) is 1. The lowest BCUT2D eigenvalue weighted by Gasteiger charge is -2.16. The normalized spacial score (nSPS) is 19.7. The van der Waals surface area contributed by atoms with E-state index in [1.165, 1.54) is 0 Å². The first-order valence-electron chi connectivity index (χ1n) is 6.65. The largest absolute Gasteiger partial charge is 0.369 e. The third-order valence-corrected chi connectivity index (χ3v) is 3.78. The number of hydrogen-bond donors (Lipinski definition) is 2. The van der Waals surface area contributed by atoms with Gasteiger partial charge < -0.3 is 15.5 Å². The molecule has 19 heavy (non-hydrogen) atoms. The summed E-state index contributed by atoms with van der Waals surface area (Å²) in [7, 11) is 2.12. The van der Waals surface area contributed by atoms with Gasteiger partial charge in [-0.3, -0.25) is 0 Å². The molecule has 0 spiro atoms. The van der Waals surface area contributed by atoms with Crippen molar-refractivity contribution in [1.82, 2.24) is 9.88 Å². The van der Waals surface area contributed by atoms with Gasteiger partial charge in [-0.15, -0.1) is 0 Å². The summed E-state index contributed by atoms with van der Waals surface area (Å²) < 4.78 is 0. The van der Waals surface area contributed by atoms with Gasteiger partial charge in [-0.2, -0.15) is 0 Å². The van der Waals surface area contributed by atoms with Gasteiger partial charge in [0.05, 0.1) is 10.0 Å². The molecule has 2 rings (SSSR count). The van der Waals surface area contributed by atoms with E-state index in [1.54, 1.807) is 6.07 Å². The van der Waals surface area contributed by atoms with Gasteiger partial charge in [-0.25, -0.2) is 4.98 Å². The molecule has 1 atom stereocenters. The van der Waals surface area contributed by atoms with E-state index < -0.39 is 0 Å². The Bertz CT molecular complexity index is 439. The molecule has 1 fully saturated rings. The second-order valence-corrected chi connectivity index (χ2v) is 5.78. The van der Waals surface area contributed by atoms with Gasteiger partial charge in [-0.1, -0.05) is 30.1 Å². The van der Waals surface area contributed by atoms with Crippen LogP contribution in [0.2, 0.25) is 10.0 Å². The van der Waals surface area contributed by atoms with E-state index in [4.69, 9.17) is 23.2 Å². The Morgan fingerprint density at radius 3 is 2.74 bits per heavy atom. The number of pyridine rings is 1. The third-order valence-electron chi connectivity index (χ3n) is 3.20. The Labute approximate surface area is 124 Å². The molecule has 0 radical (unpaired) electrons. The Morgan fingerprint density at radius 2 is 2.11 bits per heavy atom. The maximum absolute atomic E-state index is 6.20. The summed E-state index contributed by atoms with van der Waals surface area (Å²) in [4.78, 5) is 6.78. The van der Waals surface area contributed by atoms with Gasteiger partial charge >= 0.3 is 0 Å². The van der Waals surface area contributed by atoms with Gasteiger partial charge in [0.1, 0.15) is 11.6 Å². The predicted octanol–water partition coefficient (Wildman–Crippen LogP) is 3.33. The average molecular weight is 303 g/mol. The zero-order valence-corrected chi connectivity index (χ0v) is 12.9. The van der Waals surface area contributed by atoms with E-state index in [0.29, 0.717) is 27.7 Å². The van der Waals surface area contributed by atoms with Crippen molar-refractivity contribution in [2.45, 2.75) is 25.8 Å². The maximum Gasteiger partial charge on any atom is 0.147 e. The molecule has 0 bridgehead atoms. The van der Waals surface area contributed by atoms with Gasteiger partial charge in [-0.05, 0) is 32.5 Å². The molecule has 1 aliphatic rings. The van der Waals surface area contributed by atoms with E-state index >= 15 is 0 Å². The fourth-order valence-corrected chi connectivity index (χ4v) is 2.66. The molecule has 1 aliphatic heterocycles. The Hall–Kier alpha value is -0.710. The highest BCUT2D eigenvalue weighted by Crippen LogP contribution is 2.30. The first-order valence-corrected chi connectivity index (χ1v) is 7.40. The summed E-state index contributed by atoms with van der Waals surface area (Å²) >= 11 is 12.3. The topological polar surface area (TPSA) is 40.2 Å². The van der Waals surface area contributed by atoms with Crippen molar-refractivity contribution < 1.29 is 0 Å². The smallest absolute Gasteiger partial charge is 0.147 e. The van der Waals surface area contributed by atoms with Crippen molar-refractivity contribution in [2.75, 3.05) is 37.3 Å². The van der Waals surface area contributed by atoms with Crippen LogP contribution in [0.1, 0.15) is 19.8 Å². The quantitative estimate of drug-likeness (QED) is 0.875. The zero-order chi connectivity index (χ0) is 13.8. The number of anilines is 2. The van der Waals surface area contributed by atoms with E-state index in [-0.39, 0.29) is 0 Å². The first kappa shape index (κ1) is 14.7. The number of nitrogens with zero attached hydrogens (tertiary/aromatic N) is 2. The van der Waals surface area contributed by atoms with Crippen LogP contribution < -0.4 is 10.6 Å². The Kier molecular flexibility index (Phi) is 5.13. The van der Waals surface area contributed by atoms with E-state index in [1.807, 2.05) is 0 Å². The summed E-state index contributed by atoms with van der Waals surface area (Å²) in [6.45, 7) is 5.06. The van der Waals surface area contributed by atoms with E-state index in [9.17, 15) is 0 Å². The lowest BCUT2D eigenvalue weighted by Crippen LogP contribution is -2.24. The van der Waals surface area contributed by atoms with Crippen LogP contribution in [0.5, 0.6) is 0 Å². The standard InChI is InChI=1S/C13H20Cl2N4/c1-3-5-16-12-10(14)7-11(15)13(18-12)17-9-4-6-19(2)8-9/h7,9H,3-6,8H2,1-2H3,(H2,16,17,18). The molecule has 1 aromatic heterocycles. The highest BCUT2D eigenvalue weighted by Gasteiger charge is 2.21. The molecule has 0 saturated carbocycles. The third kappa shape index (κ3) is 3.88. The second kappa shape index (κ2) is 6.64. The Morgan fingerprint density at radius 1 is 1.37 bits per heavy atom. The minimum absolute atomic E-state index is 0.398. The number of aromatic nitrogens is 1. The van der Waals surface area contributed by atoms with Gasteiger partial charge in [0, 0.05) is 19.1 Å². The maximum atomic E-state index is 6.20. The lowest BCUT2D eigenvalue weighted by molar-refractivity contribution is 0.414. The van der Waals surface area contributed by atoms with Crippen molar-refractivity contribution in [2.24, 2.45) is 0 Å². The highest BCUT2D eigenvalue weighted by molar-refractivity contribution is 6.37. The van der Waals surface area contributed by atoms with Crippen molar-refractivity contribution in [3.63, 3.8) is 0 Å². The van der Waals surface area contributed by atoms with Gasteiger partial charge in [0.25, 0.3) is 0 Å². The van der Waals surface area contributed by atoms with Crippen LogP contribution in [0, 0.1) is 0 Å². The molecule has 6 heteroatoms. The number of likely N-dealkylation sites (tertiary alicyclic amines) is 1. The highest BCUT2D eigenvalue weighted by atomic mass is 35.5. The minimum atomic E-state index is 0.398. The number of rotatable bonds is 5. The van der Waals surface area contributed by atoms with Crippen LogP contribution in [0.25, 0.3) is 0 Å². The molecule has 0 amide bonds. The molecule has 1 aromatic rings. The first-order chi connectivity index (χ1) is 9.10. The van der Waals surface area contributed by atoms with Gasteiger partial charge in [0.2, 0.25) is 0 Å². The van der Waals surface area contributed by atoms with Crippen LogP contribution in [0.3, 0.4) is 0 Å². The molecule has 106 valence electrons. The van der Waals surface area contributed by atoms with Crippen LogP contribution in [-0.2, 0) is 0 Å². The lowest BCUT2D eigenvalue weighted by atomic mass is 10.2. The fraction of sp³-hybridized carbons (Fsp3) is 0.615. The average Bonchev–Trinajstić information content (AvgIpc) is 2.77. The van der Waals surface area contributed by atoms with Crippen LogP contribution in [-0.4, -0.2) is 42.6 Å². The van der Waals surface area contributed by atoms with Crippen LogP contribution in [0.4, 0.5) is 11.6 Å². The van der Waals surface area contributed by atoms with Crippen LogP contribution >= 0.6 is 23.2 Å². The van der Waals surface area contributed by atoms with Crippen molar-refractivity contribution >= 4 is 34.8 Å². The van der Waals surface area contributed by atoms with Crippen molar-refractivity contribution in [3.05, 3.63) is 16.1 Å². The SMILES string of the molecule is CCCNc1nc(NC2CCN(C)C2)c(Cl)cc1Cl. The molecule has 1 saturated heterocycles. The van der Waals surface area contributed by atoms with E-state index in [0.717, 1.165) is 32.5 Å². The molecule has 0 aromatic carbocycles. The molecule has 4 nitrogen and oxygen atoms in total. The van der Waals surface area contributed by atoms with Crippen molar-refractivity contribution in [1.29, 1.82) is 0 Å². The summed E-state index contributed by atoms with van der Waals surface area (Å²) in [6, 6.07) is 2.14. The molecule has 2 N–H and O–H groups in total. The number of nitrogens with one attached hydrogen (secondary N) is 2.